The lowest BCUT2D eigenvalue weighted by Crippen LogP contribution is -2.14. The average molecular weight is 569 g/mol. The van der Waals surface area contributed by atoms with E-state index in [1.165, 1.54) is 44.2 Å². The van der Waals surface area contributed by atoms with Crippen molar-refractivity contribution in [2.75, 3.05) is 6.54 Å². The van der Waals surface area contributed by atoms with Crippen molar-refractivity contribution in [1.82, 2.24) is 10.3 Å². The maximum absolute atomic E-state index is 6.71. The van der Waals surface area contributed by atoms with Gasteiger partial charge < -0.3 is 9.73 Å². The molecule has 44 heavy (non-hydrogen) atoms. The van der Waals surface area contributed by atoms with Crippen LogP contribution in [0.25, 0.3) is 49.9 Å². The molecule has 3 heteroatoms. The van der Waals surface area contributed by atoms with E-state index in [4.69, 9.17) is 4.42 Å². The first kappa shape index (κ1) is 26.2. The van der Waals surface area contributed by atoms with Gasteiger partial charge in [-0.25, -0.2) is 0 Å². The third kappa shape index (κ3) is 4.97. The number of rotatable bonds is 6. The highest BCUT2D eigenvalue weighted by molar-refractivity contribution is 6.12. The standard InChI is InChI=1S/C41H32N2O/c1-2-9-28(10-3-1)25-33-11-8-14-39-40(33)36-27-34(29-15-19-31(20-16-29)37-12-4-6-23-42-37)26-35(41(36)44-39)30-17-21-32(22-18-30)38-13-5-7-24-43-38/h1-15,17-19,21-23,26-27,43H,16,20,24-25H2. The molecule has 2 aromatic heterocycles. The van der Waals surface area contributed by atoms with Crippen LogP contribution in [0.15, 0.2) is 144 Å². The predicted molar refractivity (Wildman–Crippen MR) is 183 cm³/mol. The first-order valence-electron chi connectivity index (χ1n) is 15.4. The first-order chi connectivity index (χ1) is 21.8. The number of allylic oxidation sites excluding steroid dienone is 6. The SMILES string of the molecule is C1=CCNC(c2ccc(-c3cc(C4=CC=C(c5ccccn5)CC4)cc4c3oc3cccc(Cc5ccccc5)c34)cc2)=C1. The molecule has 0 saturated carbocycles. The van der Waals surface area contributed by atoms with Gasteiger partial charge in [0.2, 0.25) is 0 Å². The van der Waals surface area contributed by atoms with Crippen LogP contribution >= 0.6 is 0 Å². The Hall–Kier alpha value is -5.41. The van der Waals surface area contributed by atoms with Gasteiger partial charge in [0.05, 0.1) is 5.69 Å². The summed E-state index contributed by atoms with van der Waals surface area (Å²) in [6.45, 7) is 0.853. The molecule has 4 aromatic carbocycles. The molecule has 1 aliphatic carbocycles. The molecule has 3 heterocycles. The Morgan fingerprint density at radius 1 is 0.705 bits per heavy atom. The van der Waals surface area contributed by atoms with Crippen molar-refractivity contribution in [1.29, 1.82) is 0 Å². The number of aromatic nitrogens is 1. The quantitative estimate of drug-likeness (QED) is 0.217. The summed E-state index contributed by atoms with van der Waals surface area (Å²) in [7, 11) is 0. The molecule has 6 aromatic rings. The van der Waals surface area contributed by atoms with Gasteiger partial charge in [-0.15, -0.1) is 0 Å². The number of hydrogen-bond acceptors (Lipinski definition) is 3. The van der Waals surface area contributed by atoms with E-state index in [9.17, 15) is 0 Å². The summed E-state index contributed by atoms with van der Waals surface area (Å²) in [5, 5.41) is 5.85. The molecule has 0 amide bonds. The van der Waals surface area contributed by atoms with Crippen molar-refractivity contribution in [3.05, 3.63) is 168 Å². The van der Waals surface area contributed by atoms with Crippen LogP contribution in [0.5, 0.6) is 0 Å². The third-order valence-electron chi connectivity index (χ3n) is 8.75. The minimum atomic E-state index is 0.853. The Labute approximate surface area is 257 Å². The zero-order valence-corrected chi connectivity index (χ0v) is 24.5. The number of nitrogens with one attached hydrogen (secondary N) is 1. The molecule has 212 valence electrons. The summed E-state index contributed by atoms with van der Waals surface area (Å²) >= 11 is 0. The molecule has 0 radical (unpaired) electrons. The first-order valence-corrected chi connectivity index (χ1v) is 15.4. The van der Waals surface area contributed by atoms with Crippen molar-refractivity contribution in [2.24, 2.45) is 0 Å². The van der Waals surface area contributed by atoms with Crippen LogP contribution in [0.2, 0.25) is 0 Å². The number of fused-ring (bicyclic) bond motifs is 3. The number of nitrogens with zero attached hydrogens (tertiary/aromatic N) is 1. The Morgan fingerprint density at radius 3 is 2.30 bits per heavy atom. The maximum atomic E-state index is 6.71. The smallest absolute Gasteiger partial charge is 0.143 e. The van der Waals surface area contributed by atoms with Gasteiger partial charge >= 0.3 is 0 Å². The van der Waals surface area contributed by atoms with E-state index in [2.05, 4.69) is 138 Å². The molecule has 0 bridgehead atoms. The molecule has 1 N–H and O–H groups in total. The molecule has 8 rings (SSSR count). The largest absolute Gasteiger partial charge is 0.455 e. The summed E-state index contributed by atoms with van der Waals surface area (Å²) in [4.78, 5) is 4.58. The van der Waals surface area contributed by atoms with E-state index in [1.54, 1.807) is 0 Å². The Morgan fingerprint density at radius 2 is 1.52 bits per heavy atom. The van der Waals surface area contributed by atoms with Gasteiger partial charge in [0, 0.05) is 34.8 Å². The van der Waals surface area contributed by atoms with Gasteiger partial charge in [0.15, 0.2) is 0 Å². The Bertz CT molecular complexity index is 2110. The molecular formula is C41H32N2O. The van der Waals surface area contributed by atoms with E-state index in [0.29, 0.717) is 0 Å². The number of dihydropyridines is 1. The van der Waals surface area contributed by atoms with E-state index in [-0.39, 0.29) is 0 Å². The van der Waals surface area contributed by atoms with Crippen molar-refractivity contribution < 1.29 is 4.42 Å². The monoisotopic (exact) mass is 568 g/mol. The zero-order valence-electron chi connectivity index (χ0n) is 24.5. The van der Waals surface area contributed by atoms with Crippen molar-refractivity contribution in [3.63, 3.8) is 0 Å². The Balaban J connectivity index is 1.29. The van der Waals surface area contributed by atoms with Gasteiger partial charge in [-0.2, -0.15) is 0 Å². The zero-order chi connectivity index (χ0) is 29.3. The second-order valence-corrected chi connectivity index (χ2v) is 11.5. The molecular weight excluding hydrogens is 536 g/mol. The number of furan rings is 1. The molecule has 0 spiro atoms. The summed E-state index contributed by atoms with van der Waals surface area (Å²) < 4.78 is 6.71. The van der Waals surface area contributed by atoms with Crippen LogP contribution in [-0.4, -0.2) is 11.5 Å². The van der Waals surface area contributed by atoms with Crippen molar-refractivity contribution >= 4 is 38.8 Å². The average Bonchev–Trinajstić information content (AvgIpc) is 3.49. The minimum Gasteiger partial charge on any atom is -0.455 e. The summed E-state index contributed by atoms with van der Waals surface area (Å²) in [5.74, 6) is 0. The molecule has 0 atom stereocenters. The number of pyridine rings is 1. The van der Waals surface area contributed by atoms with Crippen molar-refractivity contribution in [2.45, 2.75) is 19.3 Å². The summed E-state index contributed by atoms with van der Waals surface area (Å²) in [5.41, 5.74) is 14.0. The van der Waals surface area contributed by atoms with Crippen LogP contribution in [0.4, 0.5) is 0 Å². The van der Waals surface area contributed by atoms with Crippen molar-refractivity contribution in [3.8, 4) is 11.1 Å². The molecule has 2 aliphatic rings. The van der Waals surface area contributed by atoms with Crippen LogP contribution in [-0.2, 0) is 6.42 Å². The lowest BCUT2D eigenvalue weighted by molar-refractivity contribution is 0.669. The second-order valence-electron chi connectivity index (χ2n) is 11.5. The molecule has 1 aliphatic heterocycles. The topological polar surface area (TPSA) is 38.1 Å². The van der Waals surface area contributed by atoms with E-state index < -0.39 is 0 Å². The van der Waals surface area contributed by atoms with Gasteiger partial charge in [-0.05, 0) is 94.6 Å². The van der Waals surface area contributed by atoms with Gasteiger partial charge in [0.25, 0.3) is 0 Å². The van der Waals surface area contributed by atoms with E-state index in [1.807, 2.05) is 12.3 Å². The van der Waals surface area contributed by atoms with Gasteiger partial charge in [-0.1, -0.05) is 97.1 Å². The molecule has 0 saturated heterocycles. The lowest BCUT2D eigenvalue weighted by atomic mass is 9.88. The molecule has 3 nitrogen and oxygen atoms in total. The summed E-state index contributed by atoms with van der Waals surface area (Å²) in [6.07, 6.45) is 15.6. The third-order valence-corrected chi connectivity index (χ3v) is 8.75. The van der Waals surface area contributed by atoms with E-state index in [0.717, 1.165) is 59.5 Å². The van der Waals surface area contributed by atoms with Crippen LogP contribution < -0.4 is 5.32 Å². The highest BCUT2D eigenvalue weighted by Crippen LogP contribution is 2.42. The Kier molecular flexibility index (Phi) is 6.77. The number of hydrogen-bond donors (Lipinski definition) is 1. The van der Waals surface area contributed by atoms with Gasteiger partial charge in [0.1, 0.15) is 11.2 Å². The minimum absolute atomic E-state index is 0.853. The predicted octanol–water partition coefficient (Wildman–Crippen LogP) is 10.00. The highest BCUT2D eigenvalue weighted by Gasteiger charge is 2.19. The maximum Gasteiger partial charge on any atom is 0.143 e. The molecule has 0 fully saturated rings. The highest BCUT2D eigenvalue weighted by atomic mass is 16.3. The lowest BCUT2D eigenvalue weighted by Gasteiger charge is -2.17. The van der Waals surface area contributed by atoms with Crippen LogP contribution in [0, 0.1) is 0 Å². The van der Waals surface area contributed by atoms with Gasteiger partial charge in [-0.3, -0.25) is 4.98 Å². The molecule has 0 unspecified atom stereocenters. The fourth-order valence-electron chi connectivity index (χ4n) is 6.50. The second kappa shape index (κ2) is 11.3. The van der Waals surface area contributed by atoms with Crippen LogP contribution in [0.1, 0.15) is 40.8 Å². The van der Waals surface area contributed by atoms with E-state index >= 15 is 0 Å². The number of benzene rings is 4. The fourth-order valence-corrected chi connectivity index (χ4v) is 6.50. The summed E-state index contributed by atoms with van der Waals surface area (Å²) in [6, 6.07) is 36.8. The fraction of sp³-hybridized carbons (Fsp3) is 0.0976. The normalized spacial score (nSPS) is 14.7. The van der Waals surface area contributed by atoms with Crippen LogP contribution in [0.3, 0.4) is 0 Å².